The van der Waals surface area contributed by atoms with E-state index in [0.717, 1.165) is 0 Å². The first-order chi connectivity index (χ1) is 15.8. The number of carbonyl (C=O) groups is 2. The predicted molar refractivity (Wildman–Crippen MR) is 126 cm³/mol. The van der Waals surface area contributed by atoms with Crippen LogP contribution in [0.25, 0.3) is 0 Å². The Hall–Kier alpha value is -3.04. The fourth-order valence-corrected chi connectivity index (χ4v) is 3.16. The van der Waals surface area contributed by atoms with Crippen molar-refractivity contribution in [1.82, 2.24) is 0 Å². The number of Topliss-reactive ketones (excluding diaryl/α,β-unsaturated/α-hetero) is 1. The molecule has 0 aliphatic carbocycles. The molecule has 2 rings (SSSR count). The lowest BCUT2D eigenvalue weighted by atomic mass is 10.2. The number of methoxy groups -OCH3 is 2. The van der Waals surface area contributed by atoms with Gasteiger partial charge < -0.3 is 24.3 Å². The highest BCUT2D eigenvalue weighted by Crippen LogP contribution is 2.42. The molecular formula is C22H25Cl2N3O6. The van der Waals surface area contributed by atoms with Crippen molar-refractivity contribution >= 4 is 46.3 Å². The van der Waals surface area contributed by atoms with Gasteiger partial charge in [-0.3, -0.25) is 9.59 Å². The molecule has 0 bridgehead atoms. The molecule has 1 amide bonds. The molecule has 11 heteroatoms. The fraction of sp³-hybridized carbons (Fsp3) is 0.364. The van der Waals surface area contributed by atoms with Gasteiger partial charge in [-0.15, -0.1) is 0 Å². The largest absolute Gasteiger partial charge is 0.493 e. The molecular weight excluding hydrogens is 473 g/mol. The van der Waals surface area contributed by atoms with Gasteiger partial charge in [0, 0.05) is 12.1 Å². The summed E-state index contributed by atoms with van der Waals surface area (Å²) < 4.78 is 21.6. The van der Waals surface area contributed by atoms with Crippen LogP contribution in [0, 0.1) is 0 Å². The normalized spacial score (nSPS) is 11.7. The van der Waals surface area contributed by atoms with Crippen molar-refractivity contribution in [1.29, 1.82) is 0 Å². The summed E-state index contributed by atoms with van der Waals surface area (Å²) in [5.41, 5.74) is 0.480. The van der Waals surface area contributed by atoms with Crippen LogP contribution in [-0.4, -0.2) is 45.2 Å². The van der Waals surface area contributed by atoms with E-state index >= 15 is 0 Å². The first-order valence-electron chi connectivity index (χ1n) is 9.99. The number of nitrogens with zero attached hydrogens (tertiary/aromatic N) is 2. The lowest BCUT2D eigenvalue weighted by Gasteiger charge is -2.17. The summed E-state index contributed by atoms with van der Waals surface area (Å²) in [5.74, 6) is 0.0712. The smallest absolute Gasteiger partial charge is 0.258 e. The number of azo groups is 1. The molecule has 0 spiro atoms. The zero-order valence-electron chi connectivity index (χ0n) is 18.9. The summed E-state index contributed by atoms with van der Waals surface area (Å²) >= 11 is 12.4. The Morgan fingerprint density at radius 1 is 0.970 bits per heavy atom. The second-order valence-electron chi connectivity index (χ2n) is 6.50. The molecule has 0 aromatic heterocycles. The van der Waals surface area contributed by atoms with E-state index in [2.05, 4.69) is 15.5 Å². The second kappa shape index (κ2) is 12.3. The van der Waals surface area contributed by atoms with Crippen molar-refractivity contribution in [2.75, 3.05) is 32.8 Å². The van der Waals surface area contributed by atoms with Crippen LogP contribution >= 0.6 is 23.2 Å². The van der Waals surface area contributed by atoms with Crippen molar-refractivity contribution < 1.29 is 28.5 Å². The van der Waals surface area contributed by atoms with Crippen molar-refractivity contribution in [2.24, 2.45) is 10.2 Å². The Labute approximate surface area is 202 Å². The minimum Gasteiger partial charge on any atom is -0.493 e. The van der Waals surface area contributed by atoms with Crippen LogP contribution < -0.4 is 24.3 Å². The van der Waals surface area contributed by atoms with Crippen LogP contribution in [0.1, 0.15) is 20.8 Å². The zero-order valence-corrected chi connectivity index (χ0v) is 20.4. The first kappa shape index (κ1) is 26.2. The summed E-state index contributed by atoms with van der Waals surface area (Å²) in [7, 11) is 2.92. The SMILES string of the molecule is CCOc1c(Cl)ccc(NC(=O)C(N=Nc2cc(OC)c(OC)cc2Cl)C(C)=O)c1OCC. The molecule has 0 saturated heterocycles. The maximum atomic E-state index is 12.9. The third-order valence-corrected chi connectivity index (χ3v) is 4.87. The van der Waals surface area contributed by atoms with Gasteiger partial charge in [-0.2, -0.15) is 10.2 Å². The van der Waals surface area contributed by atoms with Gasteiger partial charge in [0.15, 0.2) is 28.8 Å². The summed E-state index contributed by atoms with van der Waals surface area (Å²) in [6.45, 7) is 5.45. The van der Waals surface area contributed by atoms with Gasteiger partial charge in [0.25, 0.3) is 5.91 Å². The van der Waals surface area contributed by atoms with E-state index in [0.29, 0.717) is 29.7 Å². The molecule has 0 radical (unpaired) electrons. The number of nitrogens with one attached hydrogen (secondary N) is 1. The number of hydrogen-bond donors (Lipinski definition) is 1. The number of rotatable bonds is 11. The van der Waals surface area contributed by atoms with Crippen LogP contribution in [0.3, 0.4) is 0 Å². The number of ether oxygens (including phenoxy) is 4. The highest BCUT2D eigenvalue weighted by Gasteiger charge is 2.26. The lowest BCUT2D eigenvalue weighted by Crippen LogP contribution is -2.32. The van der Waals surface area contributed by atoms with Gasteiger partial charge in [-0.25, -0.2) is 0 Å². The molecule has 9 nitrogen and oxygen atoms in total. The standard InChI is InChI=1S/C22H25Cl2N3O6/c1-6-32-20-13(23)8-9-15(21(20)33-7-2)25-22(29)19(12(3)28)27-26-16-11-18(31-5)17(30-4)10-14(16)24/h8-11,19H,6-7H2,1-5H3,(H,25,29). The molecule has 0 fully saturated rings. The third-order valence-electron chi connectivity index (χ3n) is 4.27. The van der Waals surface area contributed by atoms with Crippen LogP contribution in [-0.2, 0) is 9.59 Å². The van der Waals surface area contributed by atoms with Gasteiger partial charge in [0.05, 0.1) is 43.2 Å². The van der Waals surface area contributed by atoms with E-state index in [1.807, 2.05) is 0 Å². The average molecular weight is 498 g/mol. The Morgan fingerprint density at radius 2 is 1.58 bits per heavy atom. The summed E-state index contributed by atoms with van der Waals surface area (Å²) in [4.78, 5) is 25.1. The minimum absolute atomic E-state index is 0.202. The molecule has 178 valence electrons. The van der Waals surface area contributed by atoms with Crippen molar-refractivity contribution in [3.05, 3.63) is 34.3 Å². The summed E-state index contributed by atoms with van der Waals surface area (Å²) in [6.07, 6.45) is 0. The highest BCUT2D eigenvalue weighted by atomic mass is 35.5. The van der Waals surface area contributed by atoms with Crippen molar-refractivity contribution in [3.63, 3.8) is 0 Å². The van der Waals surface area contributed by atoms with Crippen LogP contribution in [0.15, 0.2) is 34.5 Å². The zero-order chi connectivity index (χ0) is 24.5. The molecule has 2 aromatic carbocycles. The molecule has 33 heavy (non-hydrogen) atoms. The van der Waals surface area contributed by atoms with E-state index in [-0.39, 0.29) is 27.9 Å². The van der Waals surface area contributed by atoms with Gasteiger partial charge in [0.2, 0.25) is 6.04 Å². The van der Waals surface area contributed by atoms with Crippen molar-refractivity contribution in [2.45, 2.75) is 26.8 Å². The second-order valence-corrected chi connectivity index (χ2v) is 7.31. The highest BCUT2D eigenvalue weighted by molar-refractivity contribution is 6.33. The monoisotopic (exact) mass is 497 g/mol. The van der Waals surface area contributed by atoms with Gasteiger partial charge in [0.1, 0.15) is 5.69 Å². The third kappa shape index (κ3) is 6.49. The molecule has 0 aliphatic rings. The van der Waals surface area contributed by atoms with E-state index in [1.165, 1.54) is 33.3 Å². The molecule has 0 aliphatic heterocycles. The number of halogens is 2. The Balaban J connectivity index is 2.36. The van der Waals surface area contributed by atoms with Gasteiger partial charge in [-0.1, -0.05) is 23.2 Å². The molecule has 1 unspecified atom stereocenters. The van der Waals surface area contributed by atoms with Crippen LogP contribution in [0.2, 0.25) is 10.0 Å². The maximum Gasteiger partial charge on any atom is 0.258 e. The first-order valence-corrected chi connectivity index (χ1v) is 10.7. The summed E-state index contributed by atoms with van der Waals surface area (Å²) in [5, 5.41) is 11.1. The quantitative estimate of drug-likeness (QED) is 0.324. The van der Waals surface area contributed by atoms with Crippen LogP contribution in [0.5, 0.6) is 23.0 Å². The van der Waals surface area contributed by atoms with E-state index < -0.39 is 17.7 Å². The van der Waals surface area contributed by atoms with Crippen molar-refractivity contribution in [3.8, 4) is 23.0 Å². The number of anilines is 1. The topological polar surface area (TPSA) is 108 Å². The molecule has 0 saturated carbocycles. The Bertz CT molecular complexity index is 1050. The van der Waals surface area contributed by atoms with E-state index in [4.69, 9.17) is 42.1 Å². The van der Waals surface area contributed by atoms with Crippen LogP contribution in [0.4, 0.5) is 11.4 Å². The molecule has 2 aromatic rings. The number of carbonyl (C=O) groups excluding carboxylic acids is 2. The number of benzene rings is 2. The van der Waals surface area contributed by atoms with Gasteiger partial charge in [-0.05, 0) is 32.9 Å². The lowest BCUT2D eigenvalue weighted by molar-refractivity contribution is -0.126. The predicted octanol–water partition coefficient (Wildman–Crippen LogP) is 5.49. The number of ketones is 1. The molecule has 1 atom stereocenters. The average Bonchev–Trinajstić information content (AvgIpc) is 2.78. The molecule has 0 heterocycles. The maximum absolute atomic E-state index is 12.9. The molecule has 1 N–H and O–H groups in total. The fourth-order valence-electron chi connectivity index (χ4n) is 2.76. The number of amides is 1. The van der Waals surface area contributed by atoms with E-state index in [1.54, 1.807) is 26.0 Å². The Morgan fingerprint density at radius 3 is 2.15 bits per heavy atom. The Kier molecular flexibility index (Phi) is 9.74. The number of hydrogen-bond acceptors (Lipinski definition) is 8. The minimum atomic E-state index is -1.44. The summed E-state index contributed by atoms with van der Waals surface area (Å²) in [6, 6.07) is 4.65. The van der Waals surface area contributed by atoms with Gasteiger partial charge >= 0.3 is 0 Å². The van der Waals surface area contributed by atoms with E-state index in [9.17, 15) is 9.59 Å².